The van der Waals surface area contributed by atoms with Crippen molar-refractivity contribution >= 4 is 11.6 Å². The monoisotopic (exact) mass is 245 g/mol. The lowest BCUT2D eigenvalue weighted by molar-refractivity contribution is 0.0729. The van der Waals surface area contributed by atoms with Crippen LogP contribution in [0.4, 0.5) is 0 Å². The molecule has 2 rings (SSSR count). The molecule has 1 unspecified atom stereocenters. The Morgan fingerprint density at radius 2 is 1.89 bits per heavy atom. The second-order valence-corrected chi connectivity index (χ2v) is 5.19. The summed E-state index contributed by atoms with van der Waals surface area (Å²) in [5.41, 5.74) is 2.25. The zero-order valence-corrected chi connectivity index (χ0v) is 10.9. The number of nitrogens with zero attached hydrogens (tertiary/aromatic N) is 1. The van der Waals surface area contributed by atoms with Gasteiger partial charge in [-0.3, -0.25) is 4.79 Å². The zero-order chi connectivity index (χ0) is 13.3. The quantitative estimate of drug-likeness (QED) is 0.885. The Hall–Kier alpha value is -1.61. The zero-order valence-electron chi connectivity index (χ0n) is 10.9. The molecule has 0 saturated carbocycles. The molecule has 1 heterocycles. The predicted octanol–water partition coefficient (Wildman–Crippen LogP) is 2.52. The normalized spacial score (nSPS) is 16.3. The van der Waals surface area contributed by atoms with Crippen LogP contribution in [0.1, 0.15) is 36.2 Å². The van der Waals surface area contributed by atoms with Crippen molar-refractivity contribution in [3.63, 3.8) is 0 Å². The number of hydrogen-bond acceptors (Lipinski definition) is 2. The van der Waals surface area contributed by atoms with E-state index in [1.165, 1.54) is 0 Å². The molecule has 1 atom stereocenters. The molecule has 1 aromatic rings. The van der Waals surface area contributed by atoms with Gasteiger partial charge in [-0.1, -0.05) is 38.6 Å². The topological polar surface area (TPSA) is 40.5 Å². The summed E-state index contributed by atoms with van der Waals surface area (Å²) in [5.74, 6) is 0.353. The molecule has 1 N–H and O–H groups in total. The van der Waals surface area contributed by atoms with Crippen molar-refractivity contribution in [1.82, 2.24) is 4.90 Å². The van der Waals surface area contributed by atoms with Crippen LogP contribution in [0.25, 0.3) is 5.70 Å². The van der Waals surface area contributed by atoms with Crippen molar-refractivity contribution in [3.8, 4) is 0 Å². The number of aliphatic hydroxyl groups excluding tert-OH is 1. The van der Waals surface area contributed by atoms with Gasteiger partial charge in [0, 0.05) is 16.8 Å². The van der Waals surface area contributed by atoms with E-state index in [2.05, 4.69) is 20.4 Å². The smallest absolute Gasteiger partial charge is 0.259 e. The molecule has 3 nitrogen and oxygen atoms in total. The first-order valence-corrected chi connectivity index (χ1v) is 6.29. The number of carbonyl (C=O) groups excluding carboxylic acids is 1. The number of aliphatic hydroxyl groups is 1. The molecular formula is C15H19NO2. The molecule has 1 aliphatic rings. The van der Waals surface area contributed by atoms with Gasteiger partial charge in [0.15, 0.2) is 0 Å². The second-order valence-electron chi connectivity index (χ2n) is 5.19. The van der Waals surface area contributed by atoms with Gasteiger partial charge in [-0.15, -0.1) is 0 Å². The molecule has 0 spiro atoms. The average Bonchev–Trinajstić information content (AvgIpc) is 2.54. The highest BCUT2D eigenvalue weighted by atomic mass is 16.3. The van der Waals surface area contributed by atoms with Crippen LogP contribution in [-0.2, 0) is 0 Å². The third-order valence-corrected chi connectivity index (χ3v) is 3.18. The van der Waals surface area contributed by atoms with E-state index < -0.39 is 6.10 Å². The molecule has 0 aromatic heterocycles. The fourth-order valence-corrected chi connectivity index (χ4v) is 2.36. The molecule has 0 saturated heterocycles. The first-order chi connectivity index (χ1) is 8.50. The summed E-state index contributed by atoms with van der Waals surface area (Å²) in [6.45, 7) is 8.39. The Balaban J connectivity index is 2.14. The van der Waals surface area contributed by atoms with Crippen LogP contribution in [-0.4, -0.2) is 28.6 Å². The maximum absolute atomic E-state index is 12.2. The van der Waals surface area contributed by atoms with Crippen LogP contribution >= 0.6 is 0 Å². The minimum Gasteiger partial charge on any atom is -0.391 e. The van der Waals surface area contributed by atoms with Crippen LogP contribution in [0.5, 0.6) is 0 Å². The van der Waals surface area contributed by atoms with Crippen molar-refractivity contribution in [1.29, 1.82) is 0 Å². The molecule has 0 fully saturated rings. The van der Waals surface area contributed by atoms with Crippen LogP contribution in [0.15, 0.2) is 30.8 Å². The average molecular weight is 245 g/mol. The van der Waals surface area contributed by atoms with Gasteiger partial charge in [0.05, 0.1) is 12.6 Å². The third-order valence-electron chi connectivity index (χ3n) is 3.18. The number of amides is 1. The number of fused-ring (bicyclic) bond motifs is 1. The van der Waals surface area contributed by atoms with E-state index >= 15 is 0 Å². The van der Waals surface area contributed by atoms with E-state index in [9.17, 15) is 9.90 Å². The van der Waals surface area contributed by atoms with Gasteiger partial charge in [-0.2, -0.15) is 0 Å². The van der Waals surface area contributed by atoms with E-state index in [-0.39, 0.29) is 5.91 Å². The lowest BCUT2D eigenvalue weighted by Crippen LogP contribution is -2.32. The highest BCUT2D eigenvalue weighted by molar-refractivity contribution is 6.08. The van der Waals surface area contributed by atoms with Gasteiger partial charge in [0.2, 0.25) is 0 Å². The Labute approximate surface area is 108 Å². The summed E-state index contributed by atoms with van der Waals surface area (Å²) in [6.07, 6.45) is 0.188. The van der Waals surface area contributed by atoms with Gasteiger partial charge < -0.3 is 10.0 Å². The fraction of sp³-hybridized carbons (Fsp3) is 0.400. The standard InChI is InChI=1S/C15H19NO2/c1-10(2)8-12(17)9-16-11(3)13-6-4-5-7-14(13)15(16)18/h4-7,10,12,17H,3,8-9H2,1-2H3. The SMILES string of the molecule is C=C1c2ccccc2C(=O)N1CC(O)CC(C)C. The van der Waals surface area contributed by atoms with Crippen LogP contribution in [0.3, 0.4) is 0 Å². The Morgan fingerprint density at radius 3 is 2.44 bits per heavy atom. The van der Waals surface area contributed by atoms with E-state index in [1.54, 1.807) is 11.0 Å². The number of β-amino-alcohol motifs (C(OH)–C–C–N with tert-alkyl or cyclic N) is 1. The van der Waals surface area contributed by atoms with E-state index in [1.807, 2.05) is 18.2 Å². The first kappa shape index (κ1) is 12.8. The lowest BCUT2D eigenvalue weighted by Gasteiger charge is -2.22. The molecule has 1 aromatic carbocycles. The summed E-state index contributed by atoms with van der Waals surface area (Å²) in [7, 11) is 0. The van der Waals surface area contributed by atoms with Crippen LogP contribution < -0.4 is 0 Å². The molecule has 3 heteroatoms. The van der Waals surface area contributed by atoms with Gasteiger partial charge in [-0.05, 0) is 18.4 Å². The number of carbonyl (C=O) groups is 1. The van der Waals surface area contributed by atoms with Crippen LogP contribution in [0, 0.1) is 5.92 Å². The summed E-state index contributed by atoms with van der Waals surface area (Å²) in [6, 6.07) is 7.44. The molecule has 0 aliphatic carbocycles. The van der Waals surface area contributed by atoms with Crippen molar-refractivity contribution < 1.29 is 9.90 Å². The molecule has 1 aliphatic heterocycles. The number of rotatable bonds is 4. The van der Waals surface area contributed by atoms with E-state index in [4.69, 9.17) is 0 Å². The van der Waals surface area contributed by atoms with Gasteiger partial charge in [-0.25, -0.2) is 0 Å². The fourth-order valence-electron chi connectivity index (χ4n) is 2.36. The maximum atomic E-state index is 12.2. The Bertz CT molecular complexity index is 444. The molecule has 0 radical (unpaired) electrons. The summed E-state index contributed by atoms with van der Waals surface area (Å²) < 4.78 is 0. The summed E-state index contributed by atoms with van der Waals surface area (Å²) in [5, 5.41) is 9.96. The number of hydrogen-bond donors (Lipinski definition) is 1. The Morgan fingerprint density at radius 1 is 1.28 bits per heavy atom. The van der Waals surface area contributed by atoms with Crippen molar-refractivity contribution in [2.75, 3.05) is 6.54 Å². The predicted molar refractivity (Wildman–Crippen MR) is 72.0 cm³/mol. The summed E-state index contributed by atoms with van der Waals surface area (Å²) >= 11 is 0. The van der Waals surface area contributed by atoms with Gasteiger partial charge in [0.25, 0.3) is 5.91 Å². The van der Waals surface area contributed by atoms with E-state index in [0.717, 1.165) is 5.56 Å². The molecule has 96 valence electrons. The van der Waals surface area contributed by atoms with Crippen molar-refractivity contribution in [2.45, 2.75) is 26.4 Å². The summed E-state index contributed by atoms with van der Waals surface area (Å²) in [4.78, 5) is 13.8. The molecule has 18 heavy (non-hydrogen) atoms. The largest absolute Gasteiger partial charge is 0.391 e. The lowest BCUT2D eigenvalue weighted by atomic mass is 10.1. The highest BCUT2D eigenvalue weighted by Gasteiger charge is 2.31. The minimum absolute atomic E-state index is 0.0570. The molecular weight excluding hydrogens is 226 g/mol. The maximum Gasteiger partial charge on any atom is 0.259 e. The van der Waals surface area contributed by atoms with Crippen molar-refractivity contribution in [2.24, 2.45) is 5.92 Å². The molecule has 0 bridgehead atoms. The van der Waals surface area contributed by atoms with Crippen LogP contribution in [0.2, 0.25) is 0 Å². The third kappa shape index (κ3) is 2.31. The van der Waals surface area contributed by atoms with E-state index in [0.29, 0.717) is 30.1 Å². The minimum atomic E-state index is -0.500. The highest BCUT2D eigenvalue weighted by Crippen LogP contribution is 2.31. The first-order valence-electron chi connectivity index (χ1n) is 6.29. The molecule has 1 amide bonds. The van der Waals surface area contributed by atoms with Gasteiger partial charge in [0.1, 0.15) is 0 Å². The number of benzene rings is 1. The van der Waals surface area contributed by atoms with Crippen molar-refractivity contribution in [3.05, 3.63) is 42.0 Å². The second kappa shape index (κ2) is 4.94. The van der Waals surface area contributed by atoms with Gasteiger partial charge >= 0.3 is 0 Å². The Kier molecular flexibility index (Phi) is 3.53.